The molecule has 0 spiro atoms. The Morgan fingerprint density at radius 2 is 1.09 bits per heavy atom. The van der Waals surface area contributed by atoms with Crippen LogP contribution in [0.3, 0.4) is 0 Å². The van der Waals surface area contributed by atoms with E-state index < -0.39 is 0 Å². The average molecular weight is 291 g/mol. The summed E-state index contributed by atoms with van der Waals surface area (Å²) < 4.78 is 0. The van der Waals surface area contributed by atoms with Gasteiger partial charge >= 0.3 is 0 Å². The first-order valence-corrected chi connectivity index (χ1v) is 7.08. The molecule has 0 amide bonds. The molecule has 0 saturated heterocycles. The molecule has 0 radical (unpaired) electrons. The van der Waals surface area contributed by atoms with Crippen LogP contribution in [0.15, 0.2) is 72.8 Å². The number of anilines is 1. The number of nitrogen functional groups attached to an aromatic ring is 1. The molecule has 3 nitrogen and oxygen atoms in total. The fourth-order valence-corrected chi connectivity index (χ4v) is 2.68. The summed E-state index contributed by atoms with van der Waals surface area (Å²) in [5, 5.41) is 20.5. The Labute approximate surface area is 129 Å². The summed E-state index contributed by atoms with van der Waals surface area (Å²) in [7, 11) is 0. The first-order valence-electron chi connectivity index (χ1n) is 7.08. The zero-order valence-electron chi connectivity index (χ0n) is 12.0. The lowest BCUT2D eigenvalue weighted by Crippen LogP contribution is -2.04. The SMILES string of the molecule is Nc1ccc(C(c2ccccc2O)c2ccccc2O)cc1. The maximum atomic E-state index is 10.2. The monoisotopic (exact) mass is 291 g/mol. The third kappa shape index (κ3) is 2.61. The van der Waals surface area contributed by atoms with Gasteiger partial charge in [0.1, 0.15) is 11.5 Å². The predicted molar refractivity (Wildman–Crippen MR) is 88.0 cm³/mol. The Morgan fingerprint density at radius 1 is 0.636 bits per heavy atom. The van der Waals surface area contributed by atoms with Gasteiger partial charge in [-0.3, -0.25) is 0 Å². The molecule has 0 saturated carbocycles. The van der Waals surface area contributed by atoms with Gasteiger partial charge in [-0.2, -0.15) is 0 Å². The standard InChI is InChI=1S/C19H17NO2/c20-14-11-9-13(10-12-14)19(15-5-1-3-7-17(15)21)16-6-2-4-8-18(16)22/h1-12,19,21-22H,20H2. The molecular formula is C19H17NO2. The highest BCUT2D eigenvalue weighted by atomic mass is 16.3. The van der Waals surface area contributed by atoms with E-state index in [2.05, 4.69) is 0 Å². The number of benzene rings is 3. The van der Waals surface area contributed by atoms with Crippen LogP contribution in [0.2, 0.25) is 0 Å². The van der Waals surface area contributed by atoms with Gasteiger partial charge in [-0.15, -0.1) is 0 Å². The van der Waals surface area contributed by atoms with Crippen molar-refractivity contribution in [2.24, 2.45) is 0 Å². The largest absolute Gasteiger partial charge is 0.508 e. The minimum Gasteiger partial charge on any atom is -0.508 e. The smallest absolute Gasteiger partial charge is 0.119 e. The number of phenolic OH excluding ortho intramolecular Hbond substituents is 2. The van der Waals surface area contributed by atoms with Gasteiger partial charge < -0.3 is 15.9 Å². The average Bonchev–Trinajstić information content (AvgIpc) is 2.53. The van der Waals surface area contributed by atoms with Crippen molar-refractivity contribution in [3.05, 3.63) is 89.5 Å². The van der Waals surface area contributed by atoms with E-state index in [1.54, 1.807) is 24.3 Å². The highest BCUT2D eigenvalue weighted by Gasteiger charge is 2.22. The highest BCUT2D eigenvalue weighted by Crippen LogP contribution is 2.40. The lowest BCUT2D eigenvalue weighted by atomic mass is 9.84. The molecule has 0 aromatic heterocycles. The molecule has 0 aliphatic rings. The quantitative estimate of drug-likeness (QED) is 0.507. The molecule has 22 heavy (non-hydrogen) atoms. The maximum absolute atomic E-state index is 10.2. The molecule has 110 valence electrons. The molecule has 3 rings (SSSR count). The number of nitrogens with two attached hydrogens (primary N) is 1. The minimum absolute atomic E-state index is 0.201. The number of hydrogen-bond donors (Lipinski definition) is 3. The minimum atomic E-state index is -0.261. The molecule has 0 heterocycles. The number of rotatable bonds is 3. The Morgan fingerprint density at radius 3 is 1.55 bits per heavy atom. The summed E-state index contributed by atoms with van der Waals surface area (Å²) in [5.41, 5.74) is 8.89. The van der Waals surface area contributed by atoms with E-state index in [0.717, 1.165) is 16.7 Å². The van der Waals surface area contributed by atoms with Gasteiger partial charge in [-0.1, -0.05) is 48.5 Å². The second-order valence-corrected chi connectivity index (χ2v) is 5.22. The Bertz CT molecular complexity index is 736. The van der Waals surface area contributed by atoms with Crippen LogP contribution in [0.4, 0.5) is 5.69 Å². The van der Waals surface area contributed by atoms with E-state index in [1.165, 1.54) is 0 Å². The van der Waals surface area contributed by atoms with E-state index >= 15 is 0 Å². The van der Waals surface area contributed by atoms with E-state index in [9.17, 15) is 10.2 Å². The summed E-state index contributed by atoms with van der Waals surface area (Å²) in [5.74, 6) is 0.142. The van der Waals surface area contributed by atoms with Crippen LogP contribution in [-0.2, 0) is 0 Å². The molecule has 0 bridgehead atoms. The summed E-state index contributed by atoms with van der Waals surface area (Å²) in [6.45, 7) is 0. The van der Waals surface area contributed by atoms with E-state index in [4.69, 9.17) is 5.73 Å². The van der Waals surface area contributed by atoms with Crippen molar-refractivity contribution in [2.75, 3.05) is 5.73 Å². The Hall–Kier alpha value is -2.94. The number of phenols is 2. The summed E-state index contributed by atoms with van der Waals surface area (Å²) in [6, 6.07) is 21.8. The fraction of sp³-hybridized carbons (Fsp3) is 0.0526. The van der Waals surface area contributed by atoms with E-state index in [0.29, 0.717) is 5.69 Å². The van der Waals surface area contributed by atoms with Crippen LogP contribution in [0, 0.1) is 0 Å². The number of para-hydroxylation sites is 2. The van der Waals surface area contributed by atoms with Crippen molar-refractivity contribution in [2.45, 2.75) is 5.92 Å². The van der Waals surface area contributed by atoms with Crippen molar-refractivity contribution >= 4 is 5.69 Å². The van der Waals surface area contributed by atoms with Crippen LogP contribution in [0.25, 0.3) is 0 Å². The van der Waals surface area contributed by atoms with Crippen LogP contribution in [0.1, 0.15) is 22.6 Å². The topological polar surface area (TPSA) is 66.5 Å². The van der Waals surface area contributed by atoms with Crippen LogP contribution < -0.4 is 5.73 Å². The summed E-state index contributed by atoms with van der Waals surface area (Å²) in [4.78, 5) is 0. The normalized spacial score (nSPS) is 10.8. The third-order valence-corrected chi connectivity index (χ3v) is 3.77. The van der Waals surface area contributed by atoms with Gasteiger partial charge in [-0.25, -0.2) is 0 Å². The summed E-state index contributed by atoms with van der Waals surface area (Å²) >= 11 is 0. The molecule has 3 aromatic rings. The Kier molecular flexibility index (Phi) is 3.71. The highest BCUT2D eigenvalue weighted by molar-refractivity contribution is 5.53. The molecule has 0 unspecified atom stereocenters. The first-order chi connectivity index (χ1) is 10.7. The van der Waals surface area contributed by atoms with Crippen molar-refractivity contribution in [3.8, 4) is 11.5 Å². The molecule has 0 aliphatic heterocycles. The third-order valence-electron chi connectivity index (χ3n) is 3.77. The van der Waals surface area contributed by atoms with Gasteiger partial charge in [0.2, 0.25) is 0 Å². The molecule has 0 fully saturated rings. The maximum Gasteiger partial charge on any atom is 0.119 e. The zero-order valence-corrected chi connectivity index (χ0v) is 12.0. The van der Waals surface area contributed by atoms with Gasteiger partial charge in [-0.05, 0) is 29.8 Å². The van der Waals surface area contributed by atoms with Gasteiger partial charge in [0.05, 0.1) is 0 Å². The molecular weight excluding hydrogens is 274 g/mol. The van der Waals surface area contributed by atoms with Crippen LogP contribution in [0.5, 0.6) is 11.5 Å². The molecule has 0 atom stereocenters. The molecule has 3 aromatic carbocycles. The van der Waals surface area contributed by atoms with E-state index in [-0.39, 0.29) is 17.4 Å². The fourth-order valence-electron chi connectivity index (χ4n) is 2.68. The number of hydrogen-bond acceptors (Lipinski definition) is 3. The van der Waals surface area contributed by atoms with Crippen molar-refractivity contribution in [1.29, 1.82) is 0 Å². The lowest BCUT2D eigenvalue weighted by Gasteiger charge is -2.21. The van der Waals surface area contributed by atoms with Gasteiger partial charge in [0.25, 0.3) is 0 Å². The van der Waals surface area contributed by atoms with E-state index in [1.807, 2.05) is 48.5 Å². The van der Waals surface area contributed by atoms with Crippen LogP contribution >= 0.6 is 0 Å². The van der Waals surface area contributed by atoms with Crippen molar-refractivity contribution in [1.82, 2.24) is 0 Å². The second kappa shape index (κ2) is 5.82. The molecule has 0 aliphatic carbocycles. The van der Waals surface area contributed by atoms with Crippen LogP contribution in [-0.4, -0.2) is 10.2 Å². The molecule has 3 heteroatoms. The first kappa shape index (κ1) is 14.0. The number of aromatic hydroxyl groups is 2. The van der Waals surface area contributed by atoms with Gasteiger partial charge in [0, 0.05) is 22.7 Å². The molecule has 4 N–H and O–H groups in total. The van der Waals surface area contributed by atoms with Crippen molar-refractivity contribution < 1.29 is 10.2 Å². The Balaban J connectivity index is 2.21. The van der Waals surface area contributed by atoms with Gasteiger partial charge in [0.15, 0.2) is 0 Å². The zero-order chi connectivity index (χ0) is 15.5. The van der Waals surface area contributed by atoms with Crippen molar-refractivity contribution in [3.63, 3.8) is 0 Å². The second-order valence-electron chi connectivity index (χ2n) is 5.22. The lowest BCUT2D eigenvalue weighted by molar-refractivity contribution is 0.458. The predicted octanol–water partition coefficient (Wildman–Crippen LogP) is 3.86. The summed E-state index contributed by atoms with van der Waals surface area (Å²) in [6.07, 6.45) is 0.